The smallest absolute Gasteiger partial charge is 0.198 e. The van der Waals surface area contributed by atoms with Gasteiger partial charge in [0.25, 0.3) is 0 Å². The number of anilines is 1. The molecule has 2 heterocycles. The second-order valence-electron chi connectivity index (χ2n) is 7.97. The number of hydrogen-bond donors (Lipinski definition) is 3. The zero-order valence-electron chi connectivity index (χ0n) is 17.3. The van der Waals surface area contributed by atoms with Crippen molar-refractivity contribution in [3.63, 3.8) is 0 Å². The molecule has 0 unspecified atom stereocenters. The van der Waals surface area contributed by atoms with E-state index in [2.05, 4.69) is 39.2 Å². The molecule has 1 fully saturated rings. The number of fused-ring (bicyclic) bond motifs is 1. The zero-order valence-corrected chi connectivity index (χ0v) is 17.3. The molecule has 1 aromatic heterocycles. The summed E-state index contributed by atoms with van der Waals surface area (Å²) in [6, 6.07) is 12.2. The van der Waals surface area contributed by atoms with Gasteiger partial charge in [-0.2, -0.15) is 0 Å². The van der Waals surface area contributed by atoms with Crippen LogP contribution in [0.4, 0.5) is 11.4 Å². The van der Waals surface area contributed by atoms with Crippen molar-refractivity contribution in [1.82, 2.24) is 9.88 Å². The van der Waals surface area contributed by atoms with E-state index in [0.717, 1.165) is 46.5 Å². The molecular formula is C24H30N4O. The van der Waals surface area contributed by atoms with E-state index in [1.54, 1.807) is 6.21 Å². The molecule has 152 valence electrons. The zero-order chi connectivity index (χ0) is 20.2. The number of aromatic hydroxyl groups is 1. The Hall–Kier alpha value is -2.79. The summed E-state index contributed by atoms with van der Waals surface area (Å²) < 4.78 is 0. The monoisotopic (exact) mass is 390 g/mol. The van der Waals surface area contributed by atoms with Crippen molar-refractivity contribution >= 4 is 28.5 Å². The van der Waals surface area contributed by atoms with E-state index in [1.165, 1.54) is 37.9 Å². The topological polar surface area (TPSA) is 63.7 Å². The lowest BCUT2D eigenvalue weighted by atomic mass is 10.1. The molecule has 3 N–H and O–H groups in total. The molecular weight excluding hydrogens is 360 g/mol. The highest BCUT2D eigenvalue weighted by molar-refractivity contribution is 6.04. The number of aryl methyl sites for hydroxylation is 2. The van der Waals surface area contributed by atoms with E-state index in [-0.39, 0.29) is 5.88 Å². The maximum absolute atomic E-state index is 10.3. The van der Waals surface area contributed by atoms with Gasteiger partial charge in [-0.3, -0.25) is 4.99 Å². The van der Waals surface area contributed by atoms with Gasteiger partial charge in [0.05, 0.1) is 11.3 Å². The maximum Gasteiger partial charge on any atom is 0.198 e. The molecule has 5 heteroatoms. The fourth-order valence-electron chi connectivity index (χ4n) is 4.17. The summed E-state index contributed by atoms with van der Waals surface area (Å²) >= 11 is 0. The summed E-state index contributed by atoms with van der Waals surface area (Å²) in [5, 5.41) is 14.9. The third-order valence-electron chi connectivity index (χ3n) is 5.80. The predicted octanol–water partition coefficient (Wildman–Crippen LogP) is 5.14. The van der Waals surface area contributed by atoms with Crippen LogP contribution in [0.5, 0.6) is 5.88 Å². The number of rotatable bonds is 6. The summed E-state index contributed by atoms with van der Waals surface area (Å²) in [6.07, 6.45) is 5.79. The second-order valence-corrected chi connectivity index (χ2v) is 7.97. The number of benzene rings is 2. The van der Waals surface area contributed by atoms with Crippen LogP contribution in [-0.4, -0.2) is 47.4 Å². The first-order valence-electron chi connectivity index (χ1n) is 10.5. The Morgan fingerprint density at radius 1 is 1.10 bits per heavy atom. The molecule has 1 saturated heterocycles. The molecule has 1 aliphatic heterocycles. The van der Waals surface area contributed by atoms with Crippen LogP contribution >= 0.6 is 0 Å². The van der Waals surface area contributed by atoms with Crippen LogP contribution in [0.25, 0.3) is 10.9 Å². The summed E-state index contributed by atoms with van der Waals surface area (Å²) in [5.41, 5.74) is 5.99. The molecule has 0 radical (unpaired) electrons. The van der Waals surface area contributed by atoms with E-state index in [9.17, 15) is 5.11 Å². The van der Waals surface area contributed by atoms with Gasteiger partial charge >= 0.3 is 0 Å². The maximum atomic E-state index is 10.3. The predicted molar refractivity (Wildman–Crippen MR) is 122 cm³/mol. The van der Waals surface area contributed by atoms with Gasteiger partial charge < -0.3 is 20.3 Å². The summed E-state index contributed by atoms with van der Waals surface area (Å²) in [7, 11) is 0. The average molecular weight is 391 g/mol. The van der Waals surface area contributed by atoms with Gasteiger partial charge in [-0.05, 0) is 75.2 Å². The van der Waals surface area contributed by atoms with Crippen molar-refractivity contribution in [1.29, 1.82) is 0 Å². The molecule has 0 saturated carbocycles. The number of hydrogen-bond acceptors (Lipinski definition) is 4. The minimum Gasteiger partial charge on any atom is -0.494 e. The number of aromatic nitrogens is 1. The van der Waals surface area contributed by atoms with Crippen LogP contribution in [0.15, 0.2) is 41.4 Å². The van der Waals surface area contributed by atoms with Gasteiger partial charge in [0, 0.05) is 35.9 Å². The van der Waals surface area contributed by atoms with Crippen molar-refractivity contribution in [3.8, 4) is 5.88 Å². The Morgan fingerprint density at radius 2 is 1.93 bits per heavy atom. The molecule has 0 aliphatic carbocycles. The van der Waals surface area contributed by atoms with Gasteiger partial charge in [-0.25, -0.2) is 0 Å². The van der Waals surface area contributed by atoms with Crippen molar-refractivity contribution in [2.45, 2.75) is 33.1 Å². The van der Waals surface area contributed by atoms with Gasteiger partial charge in [0.15, 0.2) is 5.88 Å². The minimum atomic E-state index is 0.158. The number of H-pyrrole nitrogens is 1. The molecule has 29 heavy (non-hydrogen) atoms. The lowest BCUT2D eigenvalue weighted by molar-refractivity contribution is 0.237. The molecule has 5 nitrogen and oxygen atoms in total. The van der Waals surface area contributed by atoms with E-state index < -0.39 is 0 Å². The number of aromatic amines is 1. The molecule has 0 atom stereocenters. The molecule has 1 aliphatic rings. The van der Waals surface area contributed by atoms with Crippen LogP contribution in [0.2, 0.25) is 0 Å². The largest absolute Gasteiger partial charge is 0.494 e. The SMILES string of the molecule is Cc1cc(N=Cc2c(O)[nH]c3cccc(C)c23)ccc1NCCN1CCCCC1. The Labute approximate surface area is 172 Å². The van der Waals surface area contributed by atoms with Crippen molar-refractivity contribution < 1.29 is 5.11 Å². The molecule has 3 aromatic rings. The average Bonchev–Trinajstić information content (AvgIpc) is 3.05. The van der Waals surface area contributed by atoms with Crippen LogP contribution < -0.4 is 5.32 Å². The number of nitrogens with one attached hydrogen (secondary N) is 2. The first-order chi connectivity index (χ1) is 14.1. The lowest BCUT2D eigenvalue weighted by Gasteiger charge is -2.26. The first kappa shape index (κ1) is 19.5. The van der Waals surface area contributed by atoms with Crippen LogP contribution in [0.3, 0.4) is 0 Å². The van der Waals surface area contributed by atoms with E-state index in [1.807, 2.05) is 31.2 Å². The highest BCUT2D eigenvalue weighted by Crippen LogP contribution is 2.29. The van der Waals surface area contributed by atoms with Crippen molar-refractivity contribution in [3.05, 3.63) is 53.1 Å². The normalized spacial score (nSPS) is 15.4. The van der Waals surface area contributed by atoms with Crippen LogP contribution in [-0.2, 0) is 0 Å². The third kappa shape index (κ3) is 4.46. The molecule has 2 aromatic carbocycles. The number of nitrogens with zero attached hydrogens (tertiary/aromatic N) is 2. The summed E-state index contributed by atoms with van der Waals surface area (Å²) in [4.78, 5) is 10.2. The summed E-state index contributed by atoms with van der Waals surface area (Å²) in [5.74, 6) is 0.158. The molecule has 0 bridgehead atoms. The van der Waals surface area contributed by atoms with Crippen molar-refractivity contribution in [2.75, 3.05) is 31.5 Å². The Morgan fingerprint density at radius 3 is 2.72 bits per heavy atom. The number of aliphatic imine (C=N–C) groups is 1. The van der Waals surface area contributed by atoms with E-state index in [4.69, 9.17) is 0 Å². The van der Waals surface area contributed by atoms with Gasteiger partial charge in [-0.1, -0.05) is 18.6 Å². The fourth-order valence-corrected chi connectivity index (χ4v) is 4.17. The molecule has 4 rings (SSSR count). The minimum absolute atomic E-state index is 0.158. The first-order valence-corrected chi connectivity index (χ1v) is 10.5. The van der Waals surface area contributed by atoms with Gasteiger partial charge in [-0.15, -0.1) is 0 Å². The van der Waals surface area contributed by atoms with E-state index in [0.29, 0.717) is 0 Å². The molecule has 0 amide bonds. The number of likely N-dealkylation sites (tertiary alicyclic amines) is 1. The molecule has 0 spiro atoms. The van der Waals surface area contributed by atoms with Gasteiger partial charge in [0.1, 0.15) is 0 Å². The Bertz CT molecular complexity index is 1020. The lowest BCUT2D eigenvalue weighted by Crippen LogP contribution is -2.33. The third-order valence-corrected chi connectivity index (χ3v) is 5.80. The highest BCUT2D eigenvalue weighted by atomic mass is 16.3. The standard InChI is InChI=1S/C24H30N4O/c1-17-7-6-8-22-23(17)20(24(29)27-22)16-26-19-9-10-21(18(2)15-19)25-11-14-28-12-4-3-5-13-28/h6-10,15-16,25,27,29H,3-5,11-14H2,1-2H3. The van der Waals surface area contributed by atoms with Gasteiger partial charge in [0.2, 0.25) is 0 Å². The second kappa shape index (κ2) is 8.70. The number of piperidine rings is 1. The quantitative estimate of drug-likeness (QED) is 0.511. The fraction of sp³-hybridized carbons (Fsp3) is 0.375. The Balaban J connectivity index is 1.44. The van der Waals surface area contributed by atoms with Crippen LogP contribution in [0.1, 0.15) is 36.0 Å². The van der Waals surface area contributed by atoms with E-state index >= 15 is 0 Å². The summed E-state index contributed by atoms with van der Waals surface area (Å²) in [6.45, 7) is 8.67. The highest BCUT2D eigenvalue weighted by Gasteiger charge is 2.11. The Kier molecular flexibility index (Phi) is 5.86. The van der Waals surface area contributed by atoms with Crippen LogP contribution in [0, 0.1) is 13.8 Å². The van der Waals surface area contributed by atoms with Crippen molar-refractivity contribution in [2.24, 2.45) is 4.99 Å².